The summed E-state index contributed by atoms with van der Waals surface area (Å²) in [5.74, 6) is -0.400. The normalized spacial score (nSPS) is 11.0. The van der Waals surface area contributed by atoms with E-state index in [-0.39, 0.29) is 5.56 Å². The first-order valence-corrected chi connectivity index (χ1v) is 8.10. The molecule has 6 nitrogen and oxygen atoms in total. The molecule has 132 valence electrons. The van der Waals surface area contributed by atoms with Crippen molar-refractivity contribution in [3.8, 4) is 5.69 Å². The summed E-state index contributed by atoms with van der Waals surface area (Å²) >= 11 is 0. The van der Waals surface area contributed by atoms with E-state index in [9.17, 15) is 9.59 Å². The summed E-state index contributed by atoms with van der Waals surface area (Å²) in [6.45, 7) is 3.82. The number of aromatic nitrogens is 2. The molecule has 0 fully saturated rings. The van der Waals surface area contributed by atoms with Crippen molar-refractivity contribution in [1.82, 2.24) is 9.78 Å². The van der Waals surface area contributed by atoms with Crippen molar-refractivity contribution in [2.24, 2.45) is 4.99 Å². The van der Waals surface area contributed by atoms with Crippen LogP contribution in [0.1, 0.15) is 27.2 Å². The van der Waals surface area contributed by atoms with Gasteiger partial charge in [0.25, 0.3) is 5.56 Å². The van der Waals surface area contributed by atoms with Gasteiger partial charge in [0.2, 0.25) is 0 Å². The number of carbonyl (C=O) groups is 1. The molecule has 0 radical (unpaired) electrons. The van der Waals surface area contributed by atoms with Crippen LogP contribution in [0, 0.1) is 13.8 Å². The van der Waals surface area contributed by atoms with Gasteiger partial charge in [0.15, 0.2) is 0 Å². The number of hydrogen-bond donors (Lipinski definition) is 1. The zero-order valence-electron chi connectivity index (χ0n) is 14.8. The summed E-state index contributed by atoms with van der Waals surface area (Å²) in [5, 5.41) is 3.07. The molecule has 1 heterocycles. The Bertz CT molecular complexity index is 1010. The van der Waals surface area contributed by atoms with Crippen molar-refractivity contribution < 1.29 is 9.53 Å². The van der Waals surface area contributed by atoms with Crippen LogP contribution in [0.5, 0.6) is 0 Å². The molecule has 0 spiro atoms. The van der Waals surface area contributed by atoms with Crippen LogP contribution >= 0.6 is 0 Å². The van der Waals surface area contributed by atoms with Gasteiger partial charge in [-0.05, 0) is 50.2 Å². The molecule has 3 aromatic rings. The van der Waals surface area contributed by atoms with Gasteiger partial charge in [0, 0.05) is 11.9 Å². The number of H-pyrrole nitrogens is 1. The minimum Gasteiger partial charge on any atom is -0.465 e. The number of benzene rings is 2. The Morgan fingerprint density at radius 2 is 1.73 bits per heavy atom. The highest BCUT2D eigenvalue weighted by atomic mass is 16.5. The van der Waals surface area contributed by atoms with E-state index in [0.29, 0.717) is 16.8 Å². The van der Waals surface area contributed by atoms with Gasteiger partial charge < -0.3 is 4.74 Å². The highest BCUT2D eigenvalue weighted by Crippen LogP contribution is 2.14. The van der Waals surface area contributed by atoms with E-state index in [1.54, 1.807) is 24.3 Å². The molecule has 0 amide bonds. The fourth-order valence-electron chi connectivity index (χ4n) is 2.53. The van der Waals surface area contributed by atoms with Crippen molar-refractivity contribution in [2.75, 3.05) is 7.11 Å². The molecule has 0 aliphatic heterocycles. The third-order valence-corrected chi connectivity index (χ3v) is 4.04. The number of methoxy groups -OCH3 is 1. The highest BCUT2D eigenvalue weighted by molar-refractivity contribution is 5.90. The molecule has 3 rings (SSSR count). The lowest BCUT2D eigenvalue weighted by Gasteiger charge is -2.01. The Balaban J connectivity index is 1.88. The molecule has 0 atom stereocenters. The summed E-state index contributed by atoms with van der Waals surface area (Å²) < 4.78 is 6.16. The molecule has 2 aromatic carbocycles. The Morgan fingerprint density at radius 3 is 2.35 bits per heavy atom. The summed E-state index contributed by atoms with van der Waals surface area (Å²) in [6, 6.07) is 14.3. The first-order valence-electron chi connectivity index (χ1n) is 8.10. The van der Waals surface area contributed by atoms with Crippen LogP contribution in [0.2, 0.25) is 0 Å². The van der Waals surface area contributed by atoms with Gasteiger partial charge in [0.05, 0.1) is 29.6 Å². The van der Waals surface area contributed by atoms with Crippen molar-refractivity contribution in [2.45, 2.75) is 13.8 Å². The van der Waals surface area contributed by atoms with Crippen molar-refractivity contribution >= 4 is 17.9 Å². The molecule has 0 aliphatic carbocycles. The third-order valence-electron chi connectivity index (χ3n) is 4.04. The number of nitrogens with one attached hydrogen (secondary N) is 1. The van der Waals surface area contributed by atoms with Gasteiger partial charge in [-0.15, -0.1) is 0 Å². The summed E-state index contributed by atoms with van der Waals surface area (Å²) in [7, 11) is 1.34. The van der Waals surface area contributed by atoms with Crippen molar-refractivity contribution in [1.29, 1.82) is 0 Å². The van der Waals surface area contributed by atoms with E-state index in [1.165, 1.54) is 18.0 Å². The smallest absolute Gasteiger partial charge is 0.337 e. The number of aryl methyl sites for hydroxylation is 2. The van der Waals surface area contributed by atoms with Crippen LogP contribution < -0.4 is 5.56 Å². The molecule has 26 heavy (non-hydrogen) atoms. The number of aromatic amines is 1. The van der Waals surface area contributed by atoms with E-state index >= 15 is 0 Å². The Labute approximate surface area is 150 Å². The maximum absolute atomic E-state index is 12.7. The van der Waals surface area contributed by atoms with Crippen LogP contribution in [0.4, 0.5) is 5.69 Å². The summed E-state index contributed by atoms with van der Waals surface area (Å²) in [6.07, 6.45) is 1.53. The SMILES string of the molecule is COC(=O)c1ccc(N=Cc2c(C)[nH]n(-c3ccc(C)cc3)c2=O)cc1. The van der Waals surface area contributed by atoms with Crippen molar-refractivity contribution in [3.63, 3.8) is 0 Å². The standard InChI is InChI=1S/C20H19N3O3/c1-13-4-10-17(11-5-13)23-19(24)18(14(2)22-23)12-21-16-8-6-15(7-9-16)20(25)26-3/h4-12,22H,1-3H3. The number of aliphatic imine (C=N–C) groups is 1. The quantitative estimate of drug-likeness (QED) is 0.580. The lowest BCUT2D eigenvalue weighted by molar-refractivity contribution is 0.0601. The Hall–Kier alpha value is -3.41. The van der Waals surface area contributed by atoms with Crippen LogP contribution in [-0.2, 0) is 4.74 Å². The average molecular weight is 349 g/mol. The maximum Gasteiger partial charge on any atom is 0.337 e. The van der Waals surface area contributed by atoms with Gasteiger partial charge in [0.1, 0.15) is 0 Å². The molecule has 6 heteroatoms. The number of rotatable bonds is 4. The van der Waals surface area contributed by atoms with Gasteiger partial charge in [-0.1, -0.05) is 17.7 Å². The van der Waals surface area contributed by atoms with E-state index in [1.807, 2.05) is 38.1 Å². The van der Waals surface area contributed by atoms with Gasteiger partial charge in [-0.25, -0.2) is 9.48 Å². The second-order valence-corrected chi connectivity index (χ2v) is 5.92. The van der Waals surface area contributed by atoms with E-state index in [4.69, 9.17) is 0 Å². The van der Waals surface area contributed by atoms with Gasteiger partial charge >= 0.3 is 5.97 Å². The minimum atomic E-state index is -0.400. The first kappa shape index (κ1) is 17.4. The van der Waals surface area contributed by atoms with Gasteiger partial charge in [-0.3, -0.25) is 14.9 Å². The minimum absolute atomic E-state index is 0.165. The zero-order chi connectivity index (χ0) is 18.7. The summed E-state index contributed by atoms with van der Waals surface area (Å²) in [4.78, 5) is 28.4. The van der Waals surface area contributed by atoms with Crippen LogP contribution in [-0.4, -0.2) is 29.1 Å². The molecule has 0 saturated carbocycles. The molecular formula is C20H19N3O3. The number of carbonyl (C=O) groups excluding carboxylic acids is 1. The maximum atomic E-state index is 12.7. The monoisotopic (exact) mass is 349 g/mol. The van der Waals surface area contributed by atoms with Crippen LogP contribution in [0.15, 0.2) is 58.3 Å². The van der Waals surface area contributed by atoms with Gasteiger partial charge in [-0.2, -0.15) is 0 Å². The fourth-order valence-corrected chi connectivity index (χ4v) is 2.53. The first-order chi connectivity index (χ1) is 12.5. The molecule has 0 saturated heterocycles. The average Bonchev–Trinajstić information content (AvgIpc) is 2.94. The lowest BCUT2D eigenvalue weighted by atomic mass is 10.2. The molecule has 1 N–H and O–H groups in total. The Morgan fingerprint density at radius 1 is 1.08 bits per heavy atom. The van der Waals surface area contributed by atoms with E-state index < -0.39 is 5.97 Å². The van der Waals surface area contributed by atoms with E-state index in [0.717, 1.165) is 16.9 Å². The Kier molecular flexibility index (Phi) is 4.84. The van der Waals surface area contributed by atoms with Crippen LogP contribution in [0.25, 0.3) is 5.69 Å². The summed E-state index contributed by atoms with van der Waals surface area (Å²) in [5.41, 5.74) is 4.04. The lowest BCUT2D eigenvalue weighted by Crippen LogP contribution is -2.17. The second-order valence-electron chi connectivity index (χ2n) is 5.92. The topological polar surface area (TPSA) is 76.4 Å². The molecule has 1 aromatic heterocycles. The number of ether oxygens (including phenoxy) is 1. The predicted molar refractivity (Wildman–Crippen MR) is 101 cm³/mol. The predicted octanol–water partition coefficient (Wildman–Crippen LogP) is 3.32. The zero-order valence-corrected chi connectivity index (χ0v) is 14.8. The third kappa shape index (κ3) is 3.49. The van der Waals surface area contributed by atoms with Crippen LogP contribution in [0.3, 0.4) is 0 Å². The number of nitrogens with zero attached hydrogens (tertiary/aromatic N) is 2. The fraction of sp³-hybridized carbons (Fsp3) is 0.150. The molecule has 0 aliphatic rings. The second kappa shape index (κ2) is 7.23. The molecular weight excluding hydrogens is 330 g/mol. The number of esters is 1. The highest BCUT2D eigenvalue weighted by Gasteiger charge is 2.10. The largest absolute Gasteiger partial charge is 0.465 e. The molecule has 0 unspecified atom stereocenters. The van der Waals surface area contributed by atoms with E-state index in [2.05, 4.69) is 14.8 Å². The molecule has 0 bridgehead atoms. The number of hydrogen-bond acceptors (Lipinski definition) is 4. The van der Waals surface area contributed by atoms with Crippen molar-refractivity contribution in [3.05, 3.63) is 81.3 Å².